The second-order valence-electron chi connectivity index (χ2n) is 8.96. The molecule has 2 aromatic rings. The molecule has 5 rings (SSSR count). The molecule has 0 atom stereocenters. The highest BCUT2D eigenvalue weighted by Gasteiger charge is 2.35. The highest BCUT2D eigenvalue weighted by Crippen LogP contribution is 2.33. The van der Waals surface area contributed by atoms with E-state index in [2.05, 4.69) is 25.3 Å². The Bertz CT molecular complexity index is 984. The highest BCUT2D eigenvalue weighted by atomic mass is 35.5. The molecular weight excluding hydrogens is 435 g/mol. The van der Waals surface area contributed by atoms with Crippen molar-refractivity contribution in [3.05, 3.63) is 24.4 Å². The van der Waals surface area contributed by atoms with E-state index in [4.69, 9.17) is 0 Å². The minimum atomic E-state index is -1.07. The van der Waals surface area contributed by atoms with Gasteiger partial charge in [-0.05, 0) is 50.9 Å². The maximum Gasteiger partial charge on any atom is 0.328 e. The molecule has 2 N–H and O–H groups in total. The number of alkyl halides is 1. The fraction of sp³-hybridized carbons (Fsp3) is 0.591. The number of likely N-dealkylation sites (tertiary alicyclic amines) is 1. The van der Waals surface area contributed by atoms with Gasteiger partial charge in [0, 0.05) is 38.0 Å². The first-order valence-corrected chi connectivity index (χ1v) is 11.2. The molecule has 0 aliphatic carbocycles. The van der Waals surface area contributed by atoms with Crippen LogP contribution in [-0.4, -0.2) is 71.6 Å². The quantitative estimate of drug-likeness (QED) is 0.726. The first-order chi connectivity index (χ1) is 15.0. The number of halogens is 2. The number of piperidine rings is 2. The summed E-state index contributed by atoms with van der Waals surface area (Å²) in [7, 11) is 0. The molecule has 4 heterocycles. The van der Waals surface area contributed by atoms with Gasteiger partial charge < -0.3 is 10.2 Å². The Morgan fingerprint density at radius 3 is 2.59 bits per heavy atom. The molecule has 3 amide bonds. The second-order valence-corrected chi connectivity index (χ2v) is 8.96. The number of carbonyl (C=O) groups is 2. The molecule has 0 saturated carbocycles. The van der Waals surface area contributed by atoms with Crippen molar-refractivity contribution in [3.8, 4) is 0 Å². The molecule has 0 bridgehead atoms. The lowest BCUT2D eigenvalue weighted by Crippen LogP contribution is -2.49. The van der Waals surface area contributed by atoms with E-state index in [1.165, 1.54) is 0 Å². The fourth-order valence-electron chi connectivity index (χ4n) is 5.13. The average Bonchev–Trinajstić information content (AvgIpc) is 3.19. The minimum Gasteiger partial charge on any atom is -0.316 e. The number of amides is 3. The number of rotatable bonds is 4. The predicted octanol–water partition coefficient (Wildman–Crippen LogP) is 2.63. The third kappa shape index (κ3) is 4.46. The molecule has 32 heavy (non-hydrogen) atoms. The normalized spacial score (nSPS) is 22.6. The fourth-order valence-corrected chi connectivity index (χ4v) is 5.13. The van der Waals surface area contributed by atoms with E-state index in [1.807, 2.05) is 24.4 Å². The maximum absolute atomic E-state index is 15.1. The van der Waals surface area contributed by atoms with Gasteiger partial charge in [-0.2, -0.15) is 5.10 Å². The Hall–Kier alpha value is -2.23. The van der Waals surface area contributed by atoms with Crippen molar-refractivity contribution in [1.29, 1.82) is 0 Å². The minimum absolute atomic E-state index is 0. The van der Waals surface area contributed by atoms with Crippen LogP contribution in [-0.2, 0) is 4.79 Å². The molecule has 0 spiro atoms. The summed E-state index contributed by atoms with van der Waals surface area (Å²) in [6, 6.07) is 5.72. The summed E-state index contributed by atoms with van der Waals surface area (Å²) in [5.74, 6) is -0.240. The Morgan fingerprint density at radius 2 is 1.88 bits per heavy atom. The Labute approximate surface area is 192 Å². The molecule has 3 fully saturated rings. The van der Waals surface area contributed by atoms with Crippen LogP contribution >= 0.6 is 12.4 Å². The van der Waals surface area contributed by atoms with E-state index < -0.39 is 5.67 Å². The third-order valence-electron chi connectivity index (χ3n) is 6.87. The lowest BCUT2D eigenvalue weighted by Gasteiger charge is -2.38. The second kappa shape index (κ2) is 9.33. The smallest absolute Gasteiger partial charge is 0.316 e. The van der Waals surface area contributed by atoms with Gasteiger partial charge >= 0.3 is 6.03 Å². The number of fused-ring (bicyclic) bond motifs is 1. The van der Waals surface area contributed by atoms with Gasteiger partial charge in [0.25, 0.3) is 0 Å². The van der Waals surface area contributed by atoms with E-state index in [-0.39, 0.29) is 30.4 Å². The molecule has 1 aromatic carbocycles. The lowest BCUT2D eigenvalue weighted by atomic mass is 9.92. The monoisotopic (exact) mass is 464 g/mol. The van der Waals surface area contributed by atoms with Gasteiger partial charge in [0.05, 0.1) is 23.4 Å². The van der Waals surface area contributed by atoms with E-state index in [0.29, 0.717) is 32.4 Å². The van der Waals surface area contributed by atoms with Crippen LogP contribution in [0, 0.1) is 0 Å². The molecule has 3 saturated heterocycles. The van der Waals surface area contributed by atoms with E-state index in [0.717, 1.165) is 55.6 Å². The number of benzene rings is 1. The number of aromatic nitrogens is 2. The Balaban J connectivity index is 0.00000245. The third-order valence-corrected chi connectivity index (χ3v) is 6.87. The van der Waals surface area contributed by atoms with E-state index in [1.54, 1.807) is 4.90 Å². The summed E-state index contributed by atoms with van der Waals surface area (Å²) in [6.45, 7) is 4.14. The molecule has 0 unspecified atom stereocenters. The summed E-state index contributed by atoms with van der Waals surface area (Å²) in [4.78, 5) is 27.7. The topological polar surface area (TPSA) is 82.5 Å². The SMILES string of the molecule is Cl.O=C1CCN(c2cccc3c2cnn3C2CCN(CC3(F)CCNCC3)CC2)C(=O)N1. The number of urea groups is 1. The number of carbonyl (C=O) groups excluding carboxylic acids is 2. The van der Waals surface area contributed by atoms with Crippen LogP contribution in [0.2, 0.25) is 0 Å². The van der Waals surface area contributed by atoms with Gasteiger partial charge in [-0.3, -0.25) is 19.7 Å². The van der Waals surface area contributed by atoms with Crippen LogP contribution < -0.4 is 15.5 Å². The van der Waals surface area contributed by atoms with Gasteiger partial charge in [0.2, 0.25) is 5.91 Å². The number of hydrogen-bond acceptors (Lipinski definition) is 5. The van der Waals surface area contributed by atoms with Crippen molar-refractivity contribution in [3.63, 3.8) is 0 Å². The van der Waals surface area contributed by atoms with Crippen LogP contribution in [0.3, 0.4) is 0 Å². The van der Waals surface area contributed by atoms with Crippen LogP contribution in [0.1, 0.15) is 38.1 Å². The number of hydrogen-bond donors (Lipinski definition) is 2. The number of nitrogens with one attached hydrogen (secondary N) is 2. The summed E-state index contributed by atoms with van der Waals surface area (Å²) in [5, 5.41) is 11.2. The lowest BCUT2D eigenvalue weighted by molar-refractivity contribution is -0.120. The molecule has 174 valence electrons. The van der Waals surface area contributed by atoms with Gasteiger partial charge in [-0.15, -0.1) is 12.4 Å². The molecule has 8 nitrogen and oxygen atoms in total. The van der Waals surface area contributed by atoms with Crippen LogP contribution in [0.4, 0.5) is 14.9 Å². The van der Waals surface area contributed by atoms with Crippen molar-refractivity contribution >= 4 is 40.9 Å². The van der Waals surface area contributed by atoms with Crippen molar-refractivity contribution in [1.82, 2.24) is 25.3 Å². The van der Waals surface area contributed by atoms with Gasteiger partial charge in [0.1, 0.15) is 5.67 Å². The van der Waals surface area contributed by atoms with Crippen molar-refractivity contribution in [2.45, 2.75) is 43.8 Å². The van der Waals surface area contributed by atoms with Crippen LogP contribution in [0.25, 0.3) is 10.9 Å². The number of nitrogens with zero attached hydrogens (tertiary/aromatic N) is 4. The first kappa shape index (κ1) is 22.9. The highest BCUT2D eigenvalue weighted by molar-refractivity contribution is 6.09. The van der Waals surface area contributed by atoms with Gasteiger partial charge in [-0.25, -0.2) is 9.18 Å². The first-order valence-electron chi connectivity index (χ1n) is 11.2. The molecule has 3 aliphatic heterocycles. The maximum atomic E-state index is 15.1. The van der Waals surface area contributed by atoms with E-state index in [9.17, 15) is 9.59 Å². The van der Waals surface area contributed by atoms with Gasteiger partial charge in [-0.1, -0.05) is 6.07 Å². The predicted molar refractivity (Wildman–Crippen MR) is 123 cm³/mol. The Morgan fingerprint density at radius 1 is 1.12 bits per heavy atom. The van der Waals surface area contributed by atoms with Crippen LogP contribution in [0.15, 0.2) is 24.4 Å². The van der Waals surface area contributed by atoms with Crippen molar-refractivity contribution in [2.75, 3.05) is 44.2 Å². The summed E-state index contributed by atoms with van der Waals surface area (Å²) < 4.78 is 17.1. The standard InChI is InChI=1S/C22H29FN6O2.ClH/c23-22(7-9-24-10-8-22)15-27-11-4-16(5-12-27)29-19-3-1-2-18(17(19)14-25-29)28-13-6-20(30)26-21(28)31;/h1-3,14,16,24H,4-13,15H2,(H,26,30,31);1H. The zero-order chi connectivity index (χ0) is 21.4. The largest absolute Gasteiger partial charge is 0.328 e. The van der Waals surface area contributed by atoms with Crippen molar-refractivity contribution in [2.24, 2.45) is 0 Å². The zero-order valence-corrected chi connectivity index (χ0v) is 18.9. The summed E-state index contributed by atoms with van der Waals surface area (Å²) >= 11 is 0. The summed E-state index contributed by atoms with van der Waals surface area (Å²) in [5.41, 5.74) is 0.694. The van der Waals surface area contributed by atoms with E-state index >= 15 is 4.39 Å². The molecule has 10 heteroatoms. The molecule has 3 aliphatic rings. The number of anilines is 1. The molecular formula is C22H30ClFN6O2. The van der Waals surface area contributed by atoms with Crippen molar-refractivity contribution < 1.29 is 14.0 Å². The average molecular weight is 465 g/mol. The zero-order valence-electron chi connectivity index (χ0n) is 18.1. The van der Waals surface area contributed by atoms with Crippen LogP contribution in [0.5, 0.6) is 0 Å². The van der Waals surface area contributed by atoms with Gasteiger partial charge in [0.15, 0.2) is 0 Å². The summed E-state index contributed by atoms with van der Waals surface area (Å²) in [6.07, 6.45) is 5.14. The molecule has 0 radical (unpaired) electrons. The molecule has 1 aromatic heterocycles. The Kier molecular flexibility index (Phi) is 6.69. The number of imide groups is 1.